The predicted octanol–water partition coefficient (Wildman–Crippen LogP) is 9.85. The Labute approximate surface area is 264 Å². The number of hydrogen-bond donors (Lipinski definition) is 0. The van der Waals surface area contributed by atoms with Gasteiger partial charge in [0.05, 0.1) is 45.1 Å². The maximum absolute atomic E-state index is 9.71. The molecule has 5 heteroatoms. The molecule has 0 amide bonds. The van der Waals surface area contributed by atoms with Crippen LogP contribution in [0.25, 0.3) is 77.9 Å². The van der Waals surface area contributed by atoms with Crippen molar-refractivity contribution >= 4 is 38.6 Å². The van der Waals surface area contributed by atoms with Gasteiger partial charge in [0.15, 0.2) is 0 Å². The Morgan fingerprint density at radius 3 is 2.00 bits per heavy atom. The number of rotatable bonds is 4. The molecule has 0 fully saturated rings. The Balaban J connectivity index is 1.26. The van der Waals surface area contributed by atoms with Crippen molar-refractivity contribution in [2.45, 2.75) is 0 Å². The normalized spacial score (nSPS) is 11.5. The van der Waals surface area contributed by atoms with Crippen LogP contribution in [0.15, 0.2) is 152 Å². The maximum Gasteiger partial charge on any atom is 0.235 e. The molecule has 0 atom stereocenters. The van der Waals surface area contributed by atoms with Crippen molar-refractivity contribution in [2.24, 2.45) is 0 Å². The minimum atomic E-state index is 0.649. The Bertz CT molecular complexity index is 2640. The van der Waals surface area contributed by atoms with E-state index in [9.17, 15) is 5.26 Å². The average Bonchev–Trinajstić information content (AvgIpc) is 3.67. The Morgan fingerprint density at radius 2 is 1.17 bits per heavy atom. The van der Waals surface area contributed by atoms with E-state index in [4.69, 9.17) is 9.97 Å². The summed E-state index contributed by atoms with van der Waals surface area (Å²) in [7, 11) is 0. The highest BCUT2D eigenvalue weighted by Gasteiger charge is 2.17. The molecule has 214 valence electrons. The number of aromatic nitrogens is 4. The van der Waals surface area contributed by atoms with E-state index in [1.54, 1.807) is 0 Å². The van der Waals surface area contributed by atoms with E-state index in [2.05, 4.69) is 112 Å². The van der Waals surface area contributed by atoms with E-state index in [0.717, 1.165) is 72.2 Å². The molecule has 3 heterocycles. The fraction of sp³-hybridized carbons (Fsp3) is 0. The molecule has 0 aliphatic carbocycles. The SMILES string of the molecule is N#Cc1ccc2c(c1)c1cc(-c3cccc(-c4cc(-c5ccccc5)nc5nc6ccccc6n45)c3)ccc1n2-c1ccccc1. The molecule has 0 N–H and O–H groups in total. The van der Waals surface area contributed by atoms with Crippen molar-refractivity contribution in [3.05, 3.63) is 157 Å². The molecule has 46 heavy (non-hydrogen) atoms. The predicted molar refractivity (Wildman–Crippen MR) is 186 cm³/mol. The zero-order valence-electron chi connectivity index (χ0n) is 24.7. The minimum Gasteiger partial charge on any atom is -0.309 e. The number of benzene rings is 6. The number of nitrogens with zero attached hydrogens (tertiary/aromatic N) is 5. The second kappa shape index (κ2) is 10.3. The van der Waals surface area contributed by atoms with Crippen LogP contribution in [-0.2, 0) is 0 Å². The van der Waals surface area contributed by atoms with Gasteiger partial charge < -0.3 is 4.57 Å². The third-order valence-corrected chi connectivity index (χ3v) is 8.75. The molecule has 9 rings (SSSR count). The van der Waals surface area contributed by atoms with Crippen LogP contribution >= 0.6 is 0 Å². The fourth-order valence-electron chi connectivity index (χ4n) is 6.61. The summed E-state index contributed by atoms with van der Waals surface area (Å²) in [5, 5.41) is 11.9. The molecule has 5 nitrogen and oxygen atoms in total. The lowest BCUT2D eigenvalue weighted by Gasteiger charge is -2.12. The molecule has 0 saturated carbocycles. The molecule has 3 aromatic heterocycles. The summed E-state index contributed by atoms with van der Waals surface area (Å²) < 4.78 is 4.43. The summed E-state index contributed by atoms with van der Waals surface area (Å²) in [6, 6.07) is 54.6. The Kier molecular flexibility index (Phi) is 5.81. The standard InChI is InChI=1S/C41H25N5/c42-26-27-18-20-37-33(22-27)34-24-30(19-21-38(34)45(37)32-14-5-2-6-15-32)29-12-9-13-31(23-29)40-25-36(28-10-3-1-4-11-28)44-41-43-35-16-7-8-17-39(35)46(40)41/h1-25H. The second-order valence-corrected chi connectivity index (χ2v) is 11.5. The largest absolute Gasteiger partial charge is 0.309 e. The lowest BCUT2D eigenvalue weighted by atomic mass is 9.99. The Hall–Kier alpha value is -6.51. The second-order valence-electron chi connectivity index (χ2n) is 11.5. The van der Waals surface area contributed by atoms with Gasteiger partial charge in [-0.1, -0.05) is 84.9 Å². The van der Waals surface area contributed by atoms with E-state index in [0.29, 0.717) is 11.3 Å². The zero-order valence-corrected chi connectivity index (χ0v) is 24.7. The van der Waals surface area contributed by atoms with Crippen LogP contribution in [0, 0.1) is 11.3 Å². The van der Waals surface area contributed by atoms with Crippen LogP contribution in [0.1, 0.15) is 5.56 Å². The van der Waals surface area contributed by atoms with E-state index < -0.39 is 0 Å². The lowest BCUT2D eigenvalue weighted by molar-refractivity contribution is 1.14. The first-order valence-corrected chi connectivity index (χ1v) is 15.2. The average molecular weight is 588 g/mol. The van der Waals surface area contributed by atoms with Gasteiger partial charge in [0.25, 0.3) is 0 Å². The summed E-state index contributed by atoms with van der Waals surface area (Å²) in [6.07, 6.45) is 0. The number of fused-ring (bicyclic) bond motifs is 6. The summed E-state index contributed by atoms with van der Waals surface area (Å²) in [4.78, 5) is 9.88. The van der Waals surface area contributed by atoms with Crippen LogP contribution in [-0.4, -0.2) is 18.9 Å². The van der Waals surface area contributed by atoms with Gasteiger partial charge in [0.1, 0.15) is 0 Å². The first-order valence-electron chi connectivity index (χ1n) is 15.2. The minimum absolute atomic E-state index is 0.649. The number of imidazole rings is 1. The maximum atomic E-state index is 9.71. The van der Waals surface area contributed by atoms with Gasteiger partial charge in [-0.2, -0.15) is 5.26 Å². The molecule has 0 bridgehead atoms. The van der Waals surface area contributed by atoms with Gasteiger partial charge in [-0.3, -0.25) is 4.40 Å². The molecule has 0 spiro atoms. The molecule has 0 radical (unpaired) electrons. The number of para-hydroxylation sites is 3. The van der Waals surface area contributed by atoms with E-state index >= 15 is 0 Å². The monoisotopic (exact) mass is 587 g/mol. The topological polar surface area (TPSA) is 58.9 Å². The van der Waals surface area contributed by atoms with Gasteiger partial charge in [-0.05, 0) is 83.4 Å². The highest BCUT2D eigenvalue weighted by molar-refractivity contribution is 6.11. The summed E-state index contributed by atoms with van der Waals surface area (Å²) in [5.41, 5.74) is 12.1. The van der Waals surface area contributed by atoms with E-state index in [-0.39, 0.29) is 0 Å². The first kappa shape index (κ1) is 25.9. The highest BCUT2D eigenvalue weighted by Crippen LogP contribution is 2.37. The van der Waals surface area contributed by atoms with Crippen molar-refractivity contribution in [3.63, 3.8) is 0 Å². The van der Waals surface area contributed by atoms with Gasteiger partial charge in [-0.25, -0.2) is 9.97 Å². The molecule has 0 aliphatic heterocycles. The number of nitriles is 1. The van der Waals surface area contributed by atoms with Crippen molar-refractivity contribution < 1.29 is 0 Å². The van der Waals surface area contributed by atoms with Gasteiger partial charge in [-0.15, -0.1) is 0 Å². The molecule has 0 aliphatic rings. The van der Waals surface area contributed by atoms with Crippen molar-refractivity contribution in [1.82, 2.24) is 18.9 Å². The lowest BCUT2D eigenvalue weighted by Crippen LogP contribution is -1.97. The zero-order chi connectivity index (χ0) is 30.6. The van der Waals surface area contributed by atoms with Gasteiger partial charge in [0, 0.05) is 22.0 Å². The highest BCUT2D eigenvalue weighted by atomic mass is 15.1. The van der Waals surface area contributed by atoms with Crippen molar-refractivity contribution in [1.29, 1.82) is 5.26 Å². The summed E-state index contributed by atoms with van der Waals surface area (Å²) in [5.74, 6) is 0.673. The fourth-order valence-corrected chi connectivity index (χ4v) is 6.61. The molecule has 6 aromatic carbocycles. The van der Waals surface area contributed by atoms with Crippen molar-refractivity contribution in [3.8, 4) is 45.4 Å². The van der Waals surface area contributed by atoms with Gasteiger partial charge in [0.2, 0.25) is 5.78 Å². The summed E-state index contributed by atoms with van der Waals surface area (Å²) in [6.45, 7) is 0. The quantitative estimate of drug-likeness (QED) is 0.206. The first-order chi connectivity index (χ1) is 22.7. The third-order valence-electron chi connectivity index (χ3n) is 8.75. The molecule has 9 aromatic rings. The third kappa shape index (κ3) is 4.09. The Morgan fingerprint density at radius 1 is 0.500 bits per heavy atom. The van der Waals surface area contributed by atoms with Crippen LogP contribution in [0.2, 0.25) is 0 Å². The smallest absolute Gasteiger partial charge is 0.235 e. The summed E-state index contributed by atoms with van der Waals surface area (Å²) >= 11 is 0. The number of hydrogen-bond acceptors (Lipinski definition) is 3. The molecular weight excluding hydrogens is 562 g/mol. The van der Waals surface area contributed by atoms with Crippen molar-refractivity contribution in [2.75, 3.05) is 0 Å². The molecule has 0 unspecified atom stereocenters. The van der Waals surface area contributed by atoms with E-state index in [1.807, 2.05) is 54.6 Å². The van der Waals surface area contributed by atoms with Crippen LogP contribution in [0.4, 0.5) is 0 Å². The van der Waals surface area contributed by atoms with Crippen LogP contribution in [0.5, 0.6) is 0 Å². The molecular formula is C41H25N5. The van der Waals surface area contributed by atoms with Crippen LogP contribution in [0.3, 0.4) is 0 Å². The van der Waals surface area contributed by atoms with Gasteiger partial charge >= 0.3 is 0 Å². The van der Waals surface area contributed by atoms with E-state index in [1.165, 1.54) is 0 Å². The molecule has 0 saturated heterocycles. The van der Waals surface area contributed by atoms with Crippen LogP contribution < -0.4 is 0 Å².